The van der Waals surface area contributed by atoms with E-state index < -0.39 is 9.84 Å². The van der Waals surface area contributed by atoms with Crippen LogP contribution in [0.2, 0.25) is 0 Å². The number of hydrogen-bond acceptors (Lipinski definition) is 7. The maximum absolute atomic E-state index is 12.2. The largest absolute Gasteiger partial charge is 0.347 e. The second-order valence-electron chi connectivity index (χ2n) is 5.08. The van der Waals surface area contributed by atoms with Crippen LogP contribution in [0.5, 0.6) is 0 Å². The fraction of sp³-hybridized carbons (Fsp3) is 0.286. The number of nitrogens with one attached hydrogen (secondary N) is 1. The smallest absolute Gasteiger partial charge is 0.270 e. The van der Waals surface area contributed by atoms with Crippen LogP contribution in [-0.2, 0) is 9.84 Å². The Morgan fingerprint density at radius 3 is 2.70 bits per heavy atom. The second-order valence-corrected chi connectivity index (χ2v) is 8.35. The summed E-state index contributed by atoms with van der Waals surface area (Å²) < 4.78 is 22.9. The molecule has 0 unspecified atom stereocenters. The van der Waals surface area contributed by atoms with Crippen molar-refractivity contribution in [2.24, 2.45) is 0 Å². The number of rotatable bonds is 4. The summed E-state index contributed by atoms with van der Waals surface area (Å²) in [5.74, 6) is -0.263. The lowest BCUT2D eigenvalue weighted by Gasteiger charge is -2.10. The molecule has 0 spiro atoms. The van der Waals surface area contributed by atoms with Crippen molar-refractivity contribution in [2.45, 2.75) is 22.5 Å². The molecule has 1 aliphatic heterocycles. The highest BCUT2D eigenvalue weighted by atomic mass is 32.2. The fourth-order valence-electron chi connectivity index (χ4n) is 2.21. The Bertz CT molecular complexity index is 812. The van der Waals surface area contributed by atoms with Gasteiger partial charge in [-0.05, 0) is 36.4 Å². The van der Waals surface area contributed by atoms with Crippen LogP contribution in [0.25, 0.3) is 0 Å². The Hall–Kier alpha value is -2.00. The van der Waals surface area contributed by atoms with Gasteiger partial charge in [0.05, 0.1) is 11.5 Å². The van der Waals surface area contributed by atoms with Gasteiger partial charge in [0.25, 0.3) is 5.91 Å². The number of nitrogens with zero attached hydrogens (tertiary/aromatic N) is 3. The molecule has 1 atom stereocenters. The van der Waals surface area contributed by atoms with Gasteiger partial charge in [0.2, 0.25) is 0 Å². The van der Waals surface area contributed by atoms with Crippen LogP contribution < -0.4 is 5.32 Å². The van der Waals surface area contributed by atoms with E-state index >= 15 is 0 Å². The minimum atomic E-state index is -3.03. The molecule has 120 valence electrons. The van der Waals surface area contributed by atoms with Crippen LogP contribution in [-0.4, -0.2) is 46.8 Å². The number of sulfone groups is 1. The van der Waals surface area contributed by atoms with Crippen molar-refractivity contribution in [1.82, 2.24) is 20.3 Å². The van der Waals surface area contributed by atoms with E-state index in [-0.39, 0.29) is 29.1 Å². The maximum atomic E-state index is 12.2. The molecule has 0 saturated carbocycles. The molecule has 1 fully saturated rings. The first-order chi connectivity index (χ1) is 11.0. The van der Waals surface area contributed by atoms with Gasteiger partial charge in [-0.1, -0.05) is 0 Å². The zero-order valence-electron chi connectivity index (χ0n) is 12.0. The van der Waals surface area contributed by atoms with Crippen molar-refractivity contribution in [1.29, 1.82) is 0 Å². The summed E-state index contributed by atoms with van der Waals surface area (Å²) >= 11 is 1.32. The second kappa shape index (κ2) is 6.63. The summed E-state index contributed by atoms with van der Waals surface area (Å²) in [5, 5.41) is 3.30. The lowest BCUT2D eigenvalue weighted by molar-refractivity contribution is 0.0936. The average Bonchev–Trinajstić information content (AvgIpc) is 2.87. The predicted molar refractivity (Wildman–Crippen MR) is 84.9 cm³/mol. The molecular weight excluding hydrogens is 336 g/mol. The highest BCUT2D eigenvalue weighted by molar-refractivity contribution is 7.99. The van der Waals surface area contributed by atoms with Gasteiger partial charge in [0.1, 0.15) is 5.69 Å². The van der Waals surface area contributed by atoms with Gasteiger partial charge in [-0.15, -0.1) is 0 Å². The lowest BCUT2D eigenvalue weighted by atomic mass is 10.2. The summed E-state index contributed by atoms with van der Waals surface area (Å²) in [6.45, 7) is 0. The van der Waals surface area contributed by atoms with Gasteiger partial charge in [-0.2, -0.15) is 0 Å². The van der Waals surface area contributed by atoms with Crippen LogP contribution in [0.4, 0.5) is 0 Å². The number of amides is 1. The molecule has 7 nitrogen and oxygen atoms in total. The molecule has 2 aromatic rings. The number of pyridine rings is 1. The monoisotopic (exact) mass is 350 g/mol. The van der Waals surface area contributed by atoms with E-state index in [4.69, 9.17) is 0 Å². The van der Waals surface area contributed by atoms with E-state index in [1.54, 1.807) is 30.6 Å². The molecule has 3 rings (SSSR count). The number of carbonyl (C=O) groups is 1. The summed E-state index contributed by atoms with van der Waals surface area (Å²) in [6.07, 6.45) is 5.27. The molecule has 9 heteroatoms. The third-order valence-corrected chi connectivity index (χ3v) is 5.93. The normalized spacial score (nSPS) is 19.4. The van der Waals surface area contributed by atoms with Crippen molar-refractivity contribution >= 4 is 27.5 Å². The standard InChI is InChI=1S/C14H14N4O3S2/c19-13(18-10-3-7-23(20,21)9-10)12-8-11(2-6-15-12)22-14-16-4-1-5-17-14/h1-2,4-6,8,10H,3,7,9H2,(H,18,19)/t10-/m0/s1. The number of carbonyl (C=O) groups excluding carboxylic acids is 1. The molecule has 0 aliphatic carbocycles. The predicted octanol–water partition coefficient (Wildman–Crippen LogP) is 0.940. The SMILES string of the molecule is O=C(N[C@H]1CCS(=O)(=O)C1)c1cc(Sc2ncccn2)ccn1. The molecule has 3 heterocycles. The Kier molecular flexibility index (Phi) is 4.58. The Morgan fingerprint density at radius 1 is 1.22 bits per heavy atom. The first kappa shape index (κ1) is 15.9. The third-order valence-electron chi connectivity index (χ3n) is 3.28. The zero-order chi connectivity index (χ0) is 16.3. The van der Waals surface area contributed by atoms with Gasteiger partial charge >= 0.3 is 0 Å². The van der Waals surface area contributed by atoms with E-state index in [1.165, 1.54) is 18.0 Å². The van der Waals surface area contributed by atoms with E-state index in [0.717, 1.165) is 4.90 Å². The Labute approximate surface area is 137 Å². The Morgan fingerprint density at radius 2 is 2.00 bits per heavy atom. The van der Waals surface area contributed by atoms with Gasteiger partial charge in [-0.3, -0.25) is 9.78 Å². The van der Waals surface area contributed by atoms with E-state index in [0.29, 0.717) is 11.6 Å². The van der Waals surface area contributed by atoms with Crippen LogP contribution in [0.1, 0.15) is 16.9 Å². The summed E-state index contributed by atoms with van der Waals surface area (Å²) in [6, 6.07) is 4.78. The van der Waals surface area contributed by atoms with E-state index in [9.17, 15) is 13.2 Å². The summed E-state index contributed by atoms with van der Waals surface area (Å²) in [5.41, 5.74) is 0.246. The van der Waals surface area contributed by atoms with Gasteiger partial charge in [-0.25, -0.2) is 18.4 Å². The third kappa shape index (κ3) is 4.26. The fourth-order valence-corrected chi connectivity index (χ4v) is 4.62. The zero-order valence-corrected chi connectivity index (χ0v) is 13.7. The van der Waals surface area contributed by atoms with Crippen molar-refractivity contribution in [3.8, 4) is 0 Å². The van der Waals surface area contributed by atoms with Crippen LogP contribution in [0, 0.1) is 0 Å². The minimum absolute atomic E-state index is 0.00889. The summed E-state index contributed by atoms with van der Waals surface area (Å²) in [7, 11) is -3.03. The van der Waals surface area contributed by atoms with Gasteiger partial charge < -0.3 is 5.32 Å². The molecule has 0 aromatic carbocycles. The molecular formula is C14H14N4O3S2. The first-order valence-corrected chi connectivity index (χ1v) is 9.58. The van der Waals surface area contributed by atoms with Crippen molar-refractivity contribution < 1.29 is 13.2 Å². The van der Waals surface area contributed by atoms with Crippen LogP contribution >= 0.6 is 11.8 Å². The highest BCUT2D eigenvalue weighted by Crippen LogP contribution is 2.24. The molecule has 1 amide bonds. The van der Waals surface area contributed by atoms with Crippen LogP contribution in [0.3, 0.4) is 0 Å². The van der Waals surface area contributed by atoms with Crippen molar-refractivity contribution in [3.63, 3.8) is 0 Å². The average molecular weight is 350 g/mol. The number of aromatic nitrogens is 3. The molecule has 2 aromatic heterocycles. The molecule has 0 radical (unpaired) electrons. The molecule has 0 bridgehead atoms. The topological polar surface area (TPSA) is 102 Å². The van der Waals surface area contributed by atoms with Crippen molar-refractivity contribution in [3.05, 3.63) is 42.5 Å². The quantitative estimate of drug-likeness (QED) is 0.819. The molecule has 1 aliphatic rings. The van der Waals surface area contributed by atoms with E-state index in [1.807, 2.05) is 0 Å². The Balaban J connectivity index is 1.68. The van der Waals surface area contributed by atoms with E-state index in [2.05, 4.69) is 20.3 Å². The first-order valence-electron chi connectivity index (χ1n) is 6.94. The minimum Gasteiger partial charge on any atom is -0.347 e. The van der Waals surface area contributed by atoms with Crippen molar-refractivity contribution in [2.75, 3.05) is 11.5 Å². The summed E-state index contributed by atoms with van der Waals surface area (Å²) in [4.78, 5) is 25.3. The van der Waals surface area contributed by atoms with Gasteiger partial charge in [0.15, 0.2) is 15.0 Å². The van der Waals surface area contributed by atoms with Crippen LogP contribution in [0.15, 0.2) is 46.8 Å². The maximum Gasteiger partial charge on any atom is 0.270 e. The molecule has 1 saturated heterocycles. The lowest BCUT2D eigenvalue weighted by Crippen LogP contribution is -2.36. The molecule has 1 N–H and O–H groups in total. The highest BCUT2D eigenvalue weighted by Gasteiger charge is 2.29. The van der Waals surface area contributed by atoms with Gasteiger partial charge in [0, 0.05) is 29.5 Å². The molecule has 23 heavy (non-hydrogen) atoms. The number of hydrogen-bond donors (Lipinski definition) is 1.